The Morgan fingerprint density at radius 2 is 1.80 bits per heavy atom. The van der Waals surface area contributed by atoms with Crippen molar-refractivity contribution >= 4 is 61.8 Å². The van der Waals surface area contributed by atoms with Crippen LogP contribution in [0.5, 0.6) is 0 Å². The molecule has 260 valence electrons. The van der Waals surface area contributed by atoms with E-state index in [1.54, 1.807) is 16.5 Å². The van der Waals surface area contributed by atoms with Gasteiger partial charge in [0.2, 0.25) is 17.8 Å². The van der Waals surface area contributed by atoms with Gasteiger partial charge in [0, 0.05) is 59.8 Å². The number of aromatic nitrogens is 4. The molecular formula is C29H50BrN9O6S. The summed E-state index contributed by atoms with van der Waals surface area (Å²) in [7, 11) is 3.48. The molecule has 0 aliphatic rings. The van der Waals surface area contributed by atoms with E-state index in [9.17, 15) is 19.5 Å². The monoisotopic (exact) mass is 731 g/mol. The van der Waals surface area contributed by atoms with Crippen LogP contribution >= 0.6 is 27.7 Å². The van der Waals surface area contributed by atoms with Gasteiger partial charge in [0.05, 0.1) is 24.6 Å². The standard InChI is InChI=1S/C29H50BrN9O6S/c1-28(2,10-17-45-29(3,4)9-11-33-21(43)18-46-27(32-5)37(6)13-15-40)19-34-20(42)8-7-12-39-24(44)22-23(36-26(39)31)38(14-16-41)25(30)35-22/h40-41H,7-19H2,1-6H3,(H2,31,36)(H,33,43)(H,34,42)/b32-27+. The summed E-state index contributed by atoms with van der Waals surface area (Å²) in [6, 6.07) is 0. The number of halogens is 1. The first-order valence-corrected chi connectivity index (χ1v) is 17.0. The number of imidazole rings is 1. The molecule has 0 saturated carbocycles. The van der Waals surface area contributed by atoms with Crippen LogP contribution in [-0.2, 0) is 27.4 Å². The largest absolute Gasteiger partial charge is 0.395 e. The third kappa shape index (κ3) is 12.5. The van der Waals surface area contributed by atoms with E-state index in [1.165, 1.54) is 16.3 Å². The SMILES string of the molecule is C/N=C(/SCC(=O)NCCC(C)(C)OCCC(C)(C)CNC(=O)CCCn1c(N)nc2c(nc(Br)n2CCO)c1=O)N(C)CCO. The van der Waals surface area contributed by atoms with Crippen molar-refractivity contribution in [2.45, 2.75) is 72.1 Å². The van der Waals surface area contributed by atoms with E-state index in [0.717, 1.165) is 6.42 Å². The van der Waals surface area contributed by atoms with Gasteiger partial charge in [-0.2, -0.15) is 4.98 Å². The Morgan fingerprint density at radius 3 is 2.46 bits per heavy atom. The van der Waals surface area contributed by atoms with Crippen molar-refractivity contribution < 1.29 is 24.5 Å². The second kappa shape index (κ2) is 18.6. The molecule has 0 aromatic carbocycles. The quantitative estimate of drug-likeness (QED) is 0.0789. The van der Waals surface area contributed by atoms with Crippen molar-refractivity contribution in [3.63, 3.8) is 0 Å². The fourth-order valence-electron chi connectivity index (χ4n) is 4.45. The summed E-state index contributed by atoms with van der Waals surface area (Å²) < 4.78 is 9.38. The molecule has 0 unspecified atom stereocenters. The molecule has 0 bridgehead atoms. The summed E-state index contributed by atoms with van der Waals surface area (Å²) >= 11 is 4.61. The number of aliphatic hydroxyl groups excluding tert-OH is 2. The van der Waals surface area contributed by atoms with Gasteiger partial charge >= 0.3 is 0 Å². The van der Waals surface area contributed by atoms with Gasteiger partial charge in [-0.15, -0.1) is 0 Å². The molecule has 0 saturated heterocycles. The van der Waals surface area contributed by atoms with Crippen LogP contribution in [0.25, 0.3) is 11.2 Å². The molecule has 0 atom stereocenters. The van der Waals surface area contributed by atoms with Crippen molar-refractivity contribution in [1.29, 1.82) is 0 Å². The molecule has 0 radical (unpaired) electrons. The second-order valence-corrected chi connectivity index (χ2v) is 13.9. The maximum Gasteiger partial charge on any atom is 0.283 e. The molecular weight excluding hydrogens is 682 g/mol. The molecule has 0 spiro atoms. The highest BCUT2D eigenvalue weighted by Gasteiger charge is 2.23. The molecule has 0 aliphatic heterocycles. The summed E-state index contributed by atoms with van der Waals surface area (Å²) in [5.41, 5.74) is 5.43. The predicted octanol–water partition coefficient (Wildman–Crippen LogP) is 1.19. The lowest BCUT2D eigenvalue weighted by Crippen LogP contribution is -2.37. The number of amidine groups is 1. The van der Waals surface area contributed by atoms with E-state index in [1.807, 2.05) is 20.9 Å². The van der Waals surface area contributed by atoms with Crippen LogP contribution in [0.2, 0.25) is 0 Å². The number of likely N-dealkylation sites (N-methyl/N-ethyl adjacent to an activating group) is 1. The number of hydrogen-bond acceptors (Lipinski definition) is 11. The lowest BCUT2D eigenvalue weighted by atomic mass is 9.89. The van der Waals surface area contributed by atoms with Crippen LogP contribution < -0.4 is 21.9 Å². The fourth-order valence-corrected chi connectivity index (χ4v) is 5.78. The minimum atomic E-state index is -0.442. The summed E-state index contributed by atoms with van der Waals surface area (Å²) in [6.45, 7) is 10.3. The van der Waals surface area contributed by atoms with Crippen molar-refractivity contribution in [2.24, 2.45) is 10.4 Å². The van der Waals surface area contributed by atoms with Crippen LogP contribution in [0.15, 0.2) is 14.5 Å². The average molecular weight is 733 g/mol. The topological polar surface area (TPSA) is 202 Å². The number of fused-ring (bicyclic) bond motifs is 1. The highest BCUT2D eigenvalue weighted by atomic mass is 79.9. The zero-order valence-electron chi connectivity index (χ0n) is 27.8. The van der Waals surface area contributed by atoms with Crippen LogP contribution in [-0.4, -0.2) is 116 Å². The third-order valence-corrected chi connectivity index (χ3v) is 9.08. The molecule has 2 rings (SSSR count). The fraction of sp³-hybridized carbons (Fsp3) is 0.724. The summed E-state index contributed by atoms with van der Waals surface area (Å²) in [6.07, 6.45) is 1.96. The Hall–Kier alpha value is -2.73. The number of anilines is 1. The zero-order valence-corrected chi connectivity index (χ0v) is 30.2. The number of nitrogens with one attached hydrogen (secondary N) is 2. The first-order valence-electron chi connectivity index (χ1n) is 15.3. The van der Waals surface area contributed by atoms with E-state index in [-0.39, 0.29) is 67.2 Å². The number of amides is 2. The molecule has 17 heteroatoms. The lowest BCUT2D eigenvalue weighted by Gasteiger charge is -2.30. The van der Waals surface area contributed by atoms with Crippen LogP contribution in [0.1, 0.15) is 53.4 Å². The molecule has 46 heavy (non-hydrogen) atoms. The molecule has 6 N–H and O–H groups in total. The van der Waals surface area contributed by atoms with E-state index in [4.69, 9.17) is 15.6 Å². The van der Waals surface area contributed by atoms with Gasteiger partial charge in [-0.05, 0) is 54.5 Å². The minimum absolute atomic E-state index is 0.0157. The lowest BCUT2D eigenvalue weighted by molar-refractivity contribution is -0.122. The van der Waals surface area contributed by atoms with Gasteiger partial charge in [0.15, 0.2) is 21.1 Å². The molecule has 2 aromatic rings. The van der Waals surface area contributed by atoms with Crippen LogP contribution in [0, 0.1) is 5.41 Å². The van der Waals surface area contributed by atoms with Crippen LogP contribution in [0.4, 0.5) is 5.95 Å². The smallest absolute Gasteiger partial charge is 0.283 e. The molecule has 2 amide bonds. The number of thioether (sulfide) groups is 1. The third-order valence-electron chi connectivity index (χ3n) is 7.32. The summed E-state index contributed by atoms with van der Waals surface area (Å²) in [5.74, 6) is 0.0355. The van der Waals surface area contributed by atoms with E-state index in [2.05, 4.69) is 55.4 Å². The Balaban J connectivity index is 1.71. The van der Waals surface area contributed by atoms with E-state index in [0.29, 0.717) is 54.6 Å². The molecule has 15 nitrogen and oxygen atoms in total. The zero-order chi connectivity index (χ0) is 34.5. The maximum absolute atomic E-state index is 12.9. The van der Waals surface area contributed by atoms with Crippen molar-refractivity contribution in [1.82, 2.24) is 34.6 Å². The first kappa shape index (κ1) is 39.4. The Bertz CT molecular complexity index is 1400. The summed E-state index contributed by atoms with van der Waals surface area (Å²) in [4.78, 5) is 52.3. The van der Waals surface area contributed by atoms with Crippen molar-refractivity contribution in [3.8, 4) is 0 Å². The molecule has 0 fully saturated rings. The van der Waals surface area contributed by atoms with E-state index < -0.39 is 11.2 Å². The Kier molecular flexibility index (Phi) is 15.9. The van der Waals surface area contributed by atoms with Crippen molar-refractivity contribution in [3.05, 3.63) is 15.1 Å². The van der Waals surface area contributed by atoms with Gasteiger partial charge in [-0.25, -0.2) is 4.98 Å². The Labute approximate surface area is 282 Å². The number of carbonyl (C=O) groups excluding carboxylic acids is 2. The minimum Gasteiger partial charge on any atom is -0.395 e. The Morgan fingerprint density at radius 1 is 1.09 bits per heavy atom. The summed E-state index contributed by atoms with van der Waals surface area (Å²) in [5, 5.41) is 25.0. The highest BCUT2D eigenvalue weighted by molar-refractivity contribution is 9.10. The number of nitrogens with two attached hydrogens (primary N) is 1. The normalized spacial score (nSPS) is 12.5. The highest BCUT2D eigenvalue weighted by Crippen LogP contribution is 2.22. The first-order chi connectivity index (χ1) is 21.6. The molecule has 2 heterocycles. The maximum atomic E-state index is 12.9. The number of carbonyl (C=O) groups is 2. The number of aliphatic hydroxyl groups is 2. The number of rotatable bonds is 19. The van der Waals surface area contributed by atoms with Gasteiger partial charge < -0.3 is 40.8 Å². The average Bonchev–Trinajstić information content (AvgIpc) is 3.28. The molecule has 0 aliphatic carbocycles. The molecule has 2 aromatic heterocycles. The number of ether oxygens (including phenoxy) is 1. The van der Waals surface area contributed by atoms with E-state index >= 15 is 0 Å². The number of hydrogen-bond donors (Lipinski definition) is 5. The second-order valence-electron chi connectivity index (χ2n) is 12.3. The van der Waals surface area contributed by atoms with Gasteiger partial charge in [0.25, 0.3) is 5.56 Å². The number of nitrogens with zero attached hydrogens (tertiary/aromatic N) is 6. The van der Waals surface area contributed by atoms with Gasteiger partial charge in [-0.1, -0.05) is 25.6 Å². The van der Waals surface area contributed by atoms with Crippen molar-refractivity contribution in [2.75, 3.05) is 65.0 Å². The van der Waals surface area contributed by atoms with Gasteiger partial charge in [-0.3, -0.25) is 23.9 Å². The number of nitrogen functional groups attached to an aromatic ring is 1. The number of aliphatic imine (C=N–C) groups is 1. The predicted molar refractivity (Wildman–Crippen MR) is 185 cm³/mol. The van der Waals surface area contributed by atoms with Gasteiger partial charge in [0.1, 0.15) is 0 Å². The van der Waals surface area contributed by atoms with Crippen LogP contribution in [0.3, 0.4) is 0 Å².